The minimum Gasteiger partial charge on any atom is -0.302 e. The van der Waals surface area contributed by atoms with E-state index in [4.69, 9.17) is 0 Å². The predicted octanol–water partition coefficient (Wildman–Crippen LogP) is 7.41. The maximum atomic E-state index is 12.2. The summed E-state index contributed by atoms with van der Waals surface area (Å²) in [6.45, 7) is 3.99. The van der Waals surface area contributed by atoms with Gasteiger partial charge in [0.2, 0.25) is 0 Å². The summed E-state index contributed by atoms with van der Waals surface area (Å²) in [7, 11) is 0. The van der Waals surface area contributed by atoms with Crippen LogP contribution in [0, 0.1) is 0 Å². The first-order chi connectivity index (χ1) is 15.4. The highest BCUT2D eigenvalue weighted by Gasteiger charge is 2.26. The fourth-order valence-electron chi connectivity index (χ4n) is 4.29. The largest absolute Gasteiger partial charge is 0.302 e. The van der Waals surface area contributed by atoms with Gasteiger partial charge in [0.05, 0.1) is 0 Å². The van der Waals surface area contributed by atoms with Crippen LogP contribution in [-0.2, 0) is 25.2 Å². The molecule has 0 aliphatic heterocycles. The molecular formula is C30H42O3. The summed E-state index contributed by atoms with van der Waals surface area (Å²) < 4.78 is 0. The number of hydrogen-bond acceptors (Lipinski definition) is 3. The second-order valence-corrected chi connectivity index (χ2v) is 9.46. The van der Waals surface area contributed by atoms with E-state index in [9.17, 15) is 14.4 Å². The normalized spacial score (nSPS) is 14.4. The molecular weight excluding hydrogens is 408 g/mol. The van der Waals surface area contributed by atoms with Crippen LogP contribution in [0.1, 0.15) is 96.6 Å². The van der Waals surface area contributed by atoms with Crippen LogP contribution in [0.3, 0.4) is 0 Å². The van der Waals surface area contributed by atoms with Crippen molar-refractivity contribution in [1.82, 2.24) is 0 Å². The van der Waals surface area contributed by atoms with Crippen molar-refractivity contribution >= 4 is 18.4 Å². The second-order valence-electron chi connectivity index (χ2n) is 9.46. The van der Waals surface area contributed by atoms with Gasteiger partial charge < -0.3 is 9.59 Å². The molecule has 0 saturated heterocycles. The van der Waals surface area contributed by atoms with E-state index in [2.05, 4.69) is 0 Å². The van der Waals surface area contributed by atoms with Gasteiger partial charge in [0.25, 0.3) is 0 Å². The number of rotatable bonds is 16. The van der Waals surface area contributed by atoms with Gasteiger partial charge in [-0.15, -0.1) is 0 Å². The quantitative estimate of drug-likeness (QED) is 0.198. The summed E-state index contributed by atoms with van der Waals surface area (Å²) in [6.07, 6.45) is 10.6. The number of Topliss-reactive ketones (excluding diaryl/α,β-unsaturated/α-hetero) is 1. The van der Waals surface area contributed by atoms with Crippen molar-refractivity contribution < 1.29 is 14.4 Å². The molecule has 180 valence electrons. The molecule has 2 aromatic carbocycles. The van der Waals surface area contributed by atoms with E-state index in [-0.39, 0.29) is 7.43 Å². The lowest BCUT2D eigenvalue weighted by atomic mass is 9.79. The molecule has 3 heteroatoms. The standard InChI is InChI=1S/C29H38O3.CH4/c1-28(23-30,25-15-7-3-8-16-25)21-13-5-11-19-27(32)20-12-6-14-22-29(2,24-31)26-17-9-4-10-18-26;/h3-4,7-10,15-18,23-24H,5-6,11-14,19-22H2,1-2H3;1H4. The van der Waals surface area contributed by atoms with Crippen molar-refractivity contribution in [1.29, 1.82) is 0 Å². The van der Waals surface area contributed by atoms with Crippen molar-refractivity contribution in [3.63, 3.8) is 0 Å². The summed E-state index contributed by atoms with van der Waals surface area (Å²) in [4.78, 5) is 35.5. The van der Waals surface area contributed by atoms with E-state index < -0.39 is 10.8 Å². The smallest absolute Gasteiger partial charge is 0.132 e. The molecule has 0 N–H and O–H groups in total. The Kier molecular flexibility index (Phi) is 12.6. The lowest BCUT2D eigenvalue weighted by molar-refractivity contribution is -0.119. The van der Waals surface area contributed by atoms with Crippen LogP contribution < -0.4 is 0 Å². The summed E-state index contributed by atoms with van der Waals surface area (Å²) in [6, 6.07) is 19.8. The number of hydrogen-bond donors (Lipinski definition) is 0. The minimum atomic E-state index is -0.443. The highest BCUT2D eigenvalue weighted by molar-refractivity contribution is 5.78. The third kappa shape index (κ3) is 9.07. The maximum Gasteiger partial charge on any atom is 0.132 e. The number of unbranched alkanes of at least 4 members (excludes halogenated alkanes) is 4. The molecule has 2 unspecified atom stereocenters. The molecule has 0 aromatic heterocycles. The van der Waals surface area contributed by atoms with E-state index >= 15 is 0 Å². The van der Waals surface area contributed by atoms with Gasteiger partial charge in [0.1, 0.15) is 18.4 Å². The first-order valence-electron chi connectivity index (χ1n) is 12.0. The van der Waals surface area contributed by atoms with Crippen molar-refractivity contribution in [2.75, 3.05) is 0 Å². The van der Waals surface area contributed by atoms with E-state index in [1.165, 1.54) is 0 Å². The maximum absolute atomic E-state index is 12.2. The summed E-state index contributed by atoms with van der Waals surface area (Å²) in [5.41, 5.74) is 1.23. The second kappa shape index (κ2) is 14.6. The lowest BCUT2D eigenvalue weighted by Crippen LogP contribution is -2.23. The molecule has 0 radical (unpaired) electrons. The zero-order chi connectivity index (χ0) is 23.3. The minimum absolute atomic E-state index is 0. The first-order valence-corrected chi connectivity index (χ1v) is 12.0. The number of aldehydes is 2. The van der Waals surface area contributed by atoms with Crippen molar-refractivity contribution in [3.05, 3.63) is 71.8 Å². The van der Waals surface area contributed by atoms with Crippen molar-refractivity contribution in [2.45, 2.75) is 96.3 Å². The zero-order valence-corrected chi connectivity index (χ0v) is 19.7. The Morgan fingerprint density at radius 1 is 0.636 bits per heavy atom. The van der Waals surface area contributed by atoms with E-state index in [1.54, 1.807) is 0 Å². The van der Waals surface area contributed by atoms with E-state index in [0.717, 1.165) is 75.1 Å². The van der Waals surface area contributed by atoms with Crippen molar-refractivity contribution in [3.8, 4) is 0 Å². The lowest BCUT2D eigenvalue weighted by Gasteiger charge is -2.23. The van der Waals surface area contributed by atoms with Crippen LogP contribution in [0.15, 0.2) is 60.7 Å². The van der Waals surface area contributed by atoms with Crippen LogP contribution in [0.25, 0.3) is 0 Å². The molecule has 0 spiro atoms. The Morgan fingerprint density at radius 2 is 1.00 bits per heavy atom. The van der Waals surface area contributed by atoms with Gasteiger partial charge in [-0.05, 0) is 50.7 Å². The molecule has 33 heavy (non-hydrogen) atoms. The molecule has 2 atom stereocenters. The molecule has 3 nitrogen and oxygen atoms in total. The first kappa shape index (κ1) is 28.5. The summed E-state index contributed by atoms with van der Waals surface area (Å²) in [5, 5.41) is 0. The van der Waals surface area contributed by atoms with E-state index in [1.807, 2.05) is 74.5 Å². The van der Waals surface area contributed by atoms with Gasteiger partial charge in [-0.1, -0.05) is 93.8 Å². The average molecular weight is 451 g/mol. The van der Waals surface area contributed by atoms with Crippen LogP contribution in [0.4, 0.5) is 0 Å². The highest BCUT2D eigenvalue weighted by atomic mass is 16.1. The molecule has 0 aliphatic carbocycles. The molecule has 0 aliphatic rings. The fourth-order valence-corrected chi connectivity index (χ4v) is 4.29. The van der Waals surface area contributed by atoms with Gasteiger partial charge in [-0.2, -0.15) is 0 Å². The topological polar surface area (TPSA) is 51.2 Å². The third-order valence-corrected chi connectivity index (χ3v) is 6.69. The molecule has 0 amide bonds. The summed E-state index contributed by atoms with van der Waals surface area (Å²) in [5.74, 6) is 0.326. The van der Waals surface area contributed by atoms with Gasteiger partial charge in [-0.3, -0.25) is 4.79 Å². The number of ketones is 1. The summed E-state index contributed by atoms with van der Waals surface area (Å²) >= 11 is 0. The Labute approximate surface area is 201 Å². The number of carbonyl (C=O) groups excluding carboxylic acids is 3. The van der Waals surface area contributed by atoms with E-state index in [0.29, 0.717) is 18.6 Å². The Bertz CT molecular complexity index is 761. The fraction of sp³-hybridized carbons (Fsp3) is 0.500. The monoisotopic (exact) mass is 450 g/mol. The van der Waals surface area contributed by atoms with Gasteiger partial charge >= 0.3 is 0 Å². The van der Waals surface area contributed by atoms with Crippen molar-refractivity contribution in [2.24, 2.45) is 0 Å². The zero-order valence-electron chi connectivity index (χ0n) is 19.7. The average Bonchev–Trinajstić information content (AvgIpc) is 2.84. The Hall–Kier alpha value is -2.55. The predicted molar refractivity (Wildman–Crippen MR) is 138 cm³/mol. The molecule has 0 bridgehead atoms. The van der Waals surface area contributed by atoms with Gasteiger partial charge in [0, 0.05) is 23.7 Å². The Balaban J connectivity index is 0.00000544. The van der Waals surface area contributed by atoms with Crippen LogP contribution in [-0.4, -0.2) is 18.4 Å². The Morgan fingerprint density at radius 3 is 1.33 bits per heavy atom. The van der Waals surface area contributed by atoms with Crippen LogP contribution in [0.5, 0.6) is 0 Å². The van der Waals surface area contributed by atoms with Crippen LogP contribution in [0.2, 0.25) is 0 Å². The molecule has 0 heterocycles. The SMILES string of the molecule is C.CC(C=O)(CCCCCC(=O)CCCCCC(C)(C=O)c1ccccc1)c1ccccc1. The molecule has 0 saturated carbocycles. The highest BCUT2D eigenvalue weighted by Crippen LogP contribution is 2.29. The molecule has 2 rings (SSSR count). The molecule has 2 aromatic rings. The number of benzene rings is 2. The van der Waals surface area contributed by atoms with Crippen LogP contribution >= 0.6 is 0 Å². The molecule has 0 fully saturated rings. The number of carbonyl (C=O) groups is 3. The third-order valence-electron chi connectivity index (χ3n) is 6.69. The van der Waals surface area contributed by atoms with Gasteiger partial charge in [-0.25, -0.2) is 0 Å². The van der Waals surface area contributed by atoms with Gasteiger partial charge in [0.15, 0.2) is 0 Å².